The normalized spacial score (nSPS) is 11.1. The number of hydrogen-bond donors (Lipinski definition) is 1. The Labute approximate surface area is 98.0 Å². The number of para-hydroxylation sites is 1. The Kier molecular flexibility index (Phi) is 2.67. The first-order valence-electron chi connectivity index (χ1n) is 4.60. The third-order valence-corrected chi connectivity index (χ3v) is 3.05. The van der Waals surface area contributed by atoms with E-state index in [9.17, 15) is 8.42 Å². The van der Waals surface area contributed by atoms with E-state index < -0.39 is 10.0 Å². The Bertz CT molecular complexity index is 683. The number of aromatic nitrogens is 2. The van der Waals surface area contributed by atoms with Gasteiger partial charge in [-0.05, 0) is 12.1 Å². The van der Waals surface area contributed by atoms with Crippen LogP contribution in [0.15, 0.2) is 41.6 Å². The summed E-state index contributed by atoms with van der Waals surface area (Å²) in [4.78, 5) is 0. The van der Waals surface area contributed by atoms with E-state index in [1.54, 1.807) is 36.4 Å². The predicted octanol–water partition coefficient (Wildman–Crippen LogP) is 0.391. The van der Waals surface area contributed by atoms with Gasteiger partial charge in [-0.1, -0.05) is 18.2 Å². The maximum Gasteiger partial charge on any atom is 0.257 e. The quantitative estimate of drug-likeness (QED) is 0.830. The Morgan fingerprint density at radius 1 is 1.29 bits per heavy atom. The molecule has 0 aliphatic carbocycles. The van der Waals surface area contributed by atoms with E-state index in [1.165, 1.54) is 6.20 Å². The summed E-state index contributed by atoms with van der Waals surface area (Å²) in [6.07, 6.45) is 1.17. The molecule has 0 spiro atoms. The van der Waals surface area contributed by atoms with Gasteiger partial charge in [-0.2, -0.15) is 10.4 Å². The van der Waals surface area contributed by atoms with Crippen LogP contribution < -0.4 is 5.14 Å². The van der Waals surface area contributed by atoms with Crippen LogP contribution in [0.4, 0.5) is 0 Å². The van der Waals surface area contributed by atoms with Crippen molar-refractivity contribution in [2.24, 2.45) is 5.14 Å². The average Bonchev–Trinajstić information content (AvgIpc) is 2.73. The van der Waals surface area contributed by atoms with Gasteiger partial charge >= 0.3 is 0 Å². The summed E-state index contributed by atoms with van der Waals surface area (Å²) in [5, 5.41) is 17.5. The Morgan fingerprint density at radius 3 is 2.47 bits per heavy atom. The standard InChI is InChI=1S/C10H8N4O2S/c11-6-8-7-13-14(10(8)17(12,15)16)9-4-2-1-3-5-9/h1-5,7H,(H2,12,15,16). The zero-order valence-corrected chi connectivity index (χ0v) is 9.42. The molecule has 1 aromatic heterocycles. The molecule has 6 nitrogen and oxygen atoms in total. The summed E-state index contributed by atoms with van der Waals surface area (Å²) in [5.74, 6) is 0. The first-order valence-corrected chi connectivity index (χ1v) is 6.15. The van der Waals surface area contributed by atoms with Gasteiger partial charge in [-0.3, -0.25) is 0 Å². The molecule has 7 heteroatoms. The summed E-state index contributed by atoms with van der Waals surface area (Å²) >= 11 is 0. The molecule has 0 saturated carbocycles. The summed E-state index contributed by atoms with van der Waals surface area (Å²) in [7, 11) is -4.00. The van der Waals surface area contributed by atoms with Gasteiger partial charge in [0.25, 0.3) is 10.0 Å². The highest BCUT2D eigenvalue weighted by Gasteiger charge is 2.21. The van der Waals surface area contributed by atoms with Crippen molar-refractivity contribution in [3.05, 3.63) is 42.1 Å². The molecule has 0 saturated heterocycles. The fraction of sp³-hybridized carbons (Fsp3) is 0. The van der Waals surface area contributed by atoms with Crippen LogP contribution in [0.3, 0.4) is 0 Å². The average molecular weight is 248 g/mol. The summed E-state index contributed by atoms with van der Waals surface area (Å²) in [6, 6.07) is 10.3. The van der Waals surface area contributed by atoms with E-state index in [2.05, 4.69) is 5.10 Å². The molecular weight excluding hydrogens is 240 g/mol. The SMILES string of the molecule is N#Cc1cnn(-c2ccccc2)c1S(N)(=O)=O. The van der Waals surface area contributed by atoms with Gasteiger partial charge < -0.3 is 0 Å². The Balaban J connectivity index is 2.74. The smallest absolute Gasteiger partial charge is 0.223 e. The van der Waals surface area contributed by atoms with E-state index in [0.29, 0.717) is 5.69 Å². The van der Waals surface area contributed by atoms with Crippen LogP contribution in [0.2, 0.25) is 0 Å². The molecule has 0 fully saturated rings. The third kappa shape index (κ3) is 2.04. The molecule has 2 rings (SSSR count). The molecule has 0 atom stereocenters. The second-order valence-corrected chi connectivity index (χ2v) is 4.74. The second kappa shape index (κ2) is 4.01. The molecule has 0 aliphatic rings. The molecule has 0 bridgehead atoms. The van der Waals surface area contributed by atoms with Crippen LogP contribution in [0.5, 0.6) is 0 Å². The molecular formula is C10H8N4O2S. The lowest BCUT2D eigenvalue weighted by atomic mass is 10.3. The minimum atomic E-state index is -4.00. The molecule has 2 N–H and O–H groups in total. The van der Waals surface area contributed by atoms with Crippen molar-refractivity contribution in [3.8, 4) is 11.8 Å². The number of primary sulfonamides is 1. The molecule has 0 aliphatic heterocycles. The van der Waals surface area contributed by atoms with Crippen LogP contribution in [-0.2, 0) is 10.0 Å². The van der Waals surface area contributed by atoms with Crippen molar-refractivity contribution in [2.45, 2.75) is 5.03 Å². The second-order valence-electron chi connectivity index (χ2n) is 3.27. The largest absolute Gasteiger partial charge is 0.257 e. The van der Waals surface area contributed by atoms with Gasteiger partial charge in [0.1, 0.15) is 11.6 Å². The number of rotatable bonds is 2. The molecule has 17 heavy (non-hydrogen) atoms. The molecule has 0 radical (unpaired) electrons. The fourth-order valence-corrected chi connectivity index (χ4v) is 2.24. The highest BCUT2D eigenvalue weighted by Crippen LogP contribution is 2.17. The van der Waals surface area contributed by atoms with E-state index in [-0.39, 0.29) is 10.6 Å². The lowest BCUT2D eigenvalue weighted by Gasteiger charge is -2.05. The minimum Gasteiger partial charge on any atom is -0.223 e. The highest BCUT2D eigenvalue weighted by atomic mass is 32.2. The summed E-state index contributed by atoms with van der Waals surface area (Å²) in [5.41, 5.74) is 0.453. The lowest BCUT2D eigenvalue weighted by molar-refractivity contribution is 0.587. The zero-order chi connectivity index (χ0) is 12.5. The van der Waals surface area contributed by atoms with Gasteiger partial charge in [-0.15, -0.1) is 0 Å². The Morgan fingerprint density at radius 2 is 1.94 bits per heavy atom. The van der Waals surface area contributed by atoms with Crippen molar-refractivity contribution < 1.29 is 8.42 Å². The van der Waals surface area contributed by atoms with E-state index in [1.807, 2.05) is 0 Å². The van der Waals surface area contributed by atoms with E-state index in [0.717, 1.165) is 4.68 Å². The fourth-order valence-electron chi connectivity index (χ4n) is 1.44. The molecule has 1 aromatic carbocycles. The van der Waals surface area contributed by atoms with E-state index >= 15 is 0 Å². The molecule has 0 amide bonds. The minimum absolute atomic E-state index is 0.0728. The first kappa shape index (κ1) is 11.3. The maximum atomic E-state index is 11.4. The van der Waals surface area contributed by atoms with Crippen molar-refractivity contribution in [1.29, 1.82) is 5.26 Å². The van der Waals surface area contributed by atoms with Crippen LogP contribution in [-0.4, -0.2) is 18.2 Å². The number of benzene rings is 1. The van der Waals surface area contributed by atoms with Gasteiger partial charge in [0.2, 0.25) is 0 Å². The van der Waals surface area contributed by atoms with Gasteiger partial charge in [-0.25, -0.2) is 18.2 Å². The number of nitrogens with zero attached hydrogens (tertiary/aromatic N) is 3. The first-order chi connectivity index (χ1) is 8.04. The predicted molar refractivity (Wildman–Crippen MR) is 59.7 cm³/mol. The summed E-state index contributed by atoms with van der Waals surface area (Å²) in [6.45, 7) is 0. The van der Waals surface area contributed by atoms with Crippen molar-refractivity contribution >= 4 is 10.0 Å². The van der Waals surface area contributed by atoms with Crippen LogP contribution in [0.25, 0.3) is 5.69 Å². The zero-order valence-electron chi connectivity index (χ0n) is 8.61. The van der Waals surface area contributed by atoms with E-state index in [4.69, 9.17) is 10.4 Å². The Hall–Kier alpha value is -2.17. The molecule has 1 heterocycles. The van der Waals surface area contributed by atoms with Crippen molar-refractivity contribution in [3.63, 3.8) is 0 Å². The monoisotopic (exact) mass is 248 g/mol. The number of nitriles is 1. The van der Waals surface area contributed by atoms with Crippen molar-refractivity contribution in [2.75, 3.05) is 0 Å². The van der Waals surface area contributed by atoms with Crippen LogP contribution in [0, 0.1) is 11.3 Å². The number of sulfonamides is 1. The number of nitrogens with two attached hydrogens (primary N) is 1. The third-order valence-electron chi connectivity index (χ3n) is 2.12. The number of hydrogen-bond acceptors (Lipinski definition) is 4. The van der Waals surface area contributed by atoms with Gasteiger partial charge in [0.05, 0.1) is 11.9 Å². The lowest BCUT2D eigenvalue weighted by Crippen LogP contribution is -2.18. The topological polar surface area (TPSA) is 102 Å². The van der Waals surface area contributed by atoms with Crippen molar-refractivity contribution in [1.82, 2.24) is 9.78 Å². The molecule has 2 aromatic rings. The van der Waals surface area contributed by atoms with Crippen LogP contribution >= 0.6 is 0 Å². The van der Waals surface area contributed by atoms with Gasteiger partial charge in [0.15, 0.2) is 5.03 Å². The van der Waals surface area contributed by atoms with Crippen LogP contribution in [0.1, 0.15) is 5.56 Å². The highest BCUT2D eigenvalue weighted by molar-refractivity contribution is 7.89. The van der Waals surface area contributed by atoms with Gasteiger partial charge in [0, 0.05) is 0 Å². The molecule has 0 unspecified atom stereocenters. The molecule has 86 valence electrons. The summed E-state index contributed by atoms with van der Waals surface area (Å²) < 4.78 is 24.0. The maximum absolute atomic E-state index is 11.4.